The average Bonchev–Trinajstić information content (AvgIpc) is 3.85. The van der Waals surface area contributed by atoms with Crippen molar-refractivity contribution in [2.75, 3.05) is 43.9 Å². The first-order valence-corrected chi connectivity index (χ1v) is 22.0. The Kier molecular flexibility index (Phi) is 14.1. The number of carbonyl (C=O) groups excluding carboxylic acids is 5. The van der Waals surface area contributed by atoms with Gasteiger partial charge in [0.1, 0.15) is 12.9 Å². The molecule has 2 aliphatic rings. The summed E-state index contributed by atoms with van der Waals surface area (Å²) in [7, 11) is 3.48. The van der Waals surface area contributed by atoms with Crippen LogP contribution in [0.4, 0.5) is 16.2 Å². The maximum atomic E-state index is 13.5. The molecule has 3 N–H and O–H groups in total. The number of likely N-dealkylation sites (tertiary alicyclic amines) is 1. The lowest BCUT2D eigenvalue weighted by atomic mass is 9.88. The minimum atomic E-state index is -0.500. The number of aldehydes is 3. The van der Waals surface area contributed by atoms with Gasteiger partial charge in [-0.2, -0.15) is 10.1 Å². The van der Waals surface area contributed by atoms with E-state index in [1.165, 1.54) is 5.56 Å². The summed E-state index contributed by atoms with van der Waals surface area (Å²) in [5.74, 6) is 0.578. The number of fused-ring (bicyclic) bond motifs is 1. The molecule has 2 atom stereocenters. The molecule has 0 bridgehead atoms. The number of benzene rings is 3. The van der Waals surface area contributed by atoms with Crippen LogP contribution in [0, 0.1) is 0 Å². The van der Waals surface area contributed by atoms with Gasteiger partial charge in [-0.3, -0.25) is 19.1 Å². The van der Waals surface area contributed by atoms with Crippen LogP contribution in [0.25, 0.3) is 22.4 Å². The summed E-state index contributed by atoms with van der Waals surface area (Å²) in [4.78, 5) is 65.6. The van der Waals surface area contributed by atoms with Gasteiger partial charge in [0, 0.05) is 79.8 Å². The molecular formula is C46H54N8O7S. The number of carbonyl (C=O) groups is 5. The van der Waals surface area contributed by atoms with Gasteiger partial charge in [0.25, 0.3) is 5.88 Å². The van der Waals surface area contributed by atoms with E-state index >= 15 is 0 Å². The highest BCUT2D eigenvalue weighted by atomic mass is 32.2. The number of urea groups is 1. The summed E-state index contributed by atoms with van der Waals surface area (Å²) in [5, 5.41) is 15.2. The number of oxazole rings is 1. The van der Waals surface area contributed by atoms with E-state index in [1.54, 1.807) is 19.0 Å². The molecule has 2 aromatic heterocycles. The first-order chi connectivity index (χ1) is 30.0. The van der Waals surface area contributed by atoms with Crippen molar-refractivity contribution in [2.24, 2.45) is 7.05 Å². The minimum absolute atomic E-state index is 0.00587. The largest absolute Gasteiger partial charge is 0.467 e. The van der Waals surface area contributed by atoms with Crippen LogP contribution in [0.5, 0.6) is 5.88 Å². The van der Waals surface area contributed by atoms with E-state index in [-0.39, 0.29) is 60.0 Å². The molecule has 2 fully saturated rings. The zero-order chi connectivity index (χ0) is 43.8. The summed E-state index contributed by atoms with van der Waals surface area (Å²) in [6, 6.07) is 22.2. The highest BCUT2D eigenvalue weighted by Crippen LogP contribution is 2.38. The molecule has 2 saturated heterocycles. The fourth-order valence-electron chi connectivity index (χ4n) is 8.58. The number of likely N-dealkylation sites (N-methyl/N-ethyl adjacent to an activating group) is 1. The van der Waals surface area contributed by atoms with Crippen LogP contribution in [-0.2, 0) is 27.2 Å². The molecule has 2 unspecified atom stereocenters. The van der Waals surface area contributed by atoms with Gasteiger partial charge in [-0.1, -0.05) is 42.3 Å². The van der Waals surface area contributed by atoms with Crippen molar-refractivity contribution in [1.29, 1.82) is 0 Å². The molecular weight excluding hydrogens is 809 g/mol. The van der Waals surface area contributed by atoms with Crippen molar-refractivity contribution in [1.82, 2.24) is 29.3 Å². The number of rotatable bonds is 17. The van der Waals surface area contributed by atoms with Crippen LogP contribution < -0.4 is 20.7 Å². The number of hydrogen-bond acceptors (Lipinski definition) is 12. The SMILES string of the molecule is CNC(=O)C(CCC=O)c1nn(C)c2cc(C3CCN(C(=O)Nc4cccc(CSN5CCC(Nc6cccc(-c7nc(OCC=O)c(C=O)o7)c6)CC5(C)C)c4)CC3)ccc12. The van der Waals surface area contributed by atoms with Crippen molar-refractivity contribution in [2.45, 2.75) is 81.5 Å². The van der Waals surface area contributed by atoms with Gasteiger partial charge in [-0.15, -0.1) is 0 Å². The molecule has 0 radical (unpaired) electrons. The van der Waals surface area contributed by atoms with Crippen LogP contribution in [0.2, 0.25) is 0 Å². The number of piperidine rings is 2. The van der Waals surface area contributed by atoms with E-state index in [2.05, 4.69) is 63.4 Å². The molecule has 0 saturated carbocycles. The van der Waals surface area contributed by atoms with Crippen molar-refractivity contribution < 1.29 is 33.1 Å². The summed E-state index contributed by atoms with van der Waals surface area (Å²) in [6.45, 7) is 6.46. The molecule has 15 nitrogen and oxygen atoms in total. The Morgan fingerprint density at radius 2 is 1.77 bits per heavy atom. The summed E-state index contributed by atoms with van der Waals surface area (Å²) in [6.07, 6.45) is 6.15. The maximum absolute atomic E-state index is 13.5. The number of aryl methyl sites for hydroxylation is 1. The van der Waals surface area contributed by atoms with E-state index in [4.69, 9.17) is 14.3 Å². The lowest BCUT2D eigenvalue weighted by Gasteiger charge is -2.45. The van der Waals surface area contributed by atoms with Crippen molar-refractivity contribution in [3.05, 3.63) is 89.3 Å². The number of nitrogens with one attached hydrogen (secondary N) is 3. The zero-order valence-corrected chi connectivity index (χ0v) is 36.4. The van der Waals surface area contributed by atoms with Crippen molar-refractivity contribution >= 4 is 65.0 Å². The van der Waals surface area contributed by atoms with E-state index < -0.39 is 5.92 Å². The average molecular weight is 863 g/mol. The molecule has 3 aromatic carbocycles. The minimum Gasteiger partial charge on any atom is -0.467 e. The number of aromatic nitrogens is 3. The fraction of sp³-hybridized carbons (Fsp3) is 0.413. The Labute approximate surface area is 365 Å². The zero-order valence-electron chi connectivity index (χ0n) is 35.6. The molecule has 326 valence electrons. The lowest BCUT2D eigenvalue weighted by Crippen LogP contribution is -2.49. The van der Waals surface area contributed by atoms with Crippen LogP contribution in [0.3, 0.4) is 0 Å². The summed E-state index contributed by atoms with van der Waals surface area (Å²) in [5.41, 5.74) is 6.22. The normalized spacial score (nSPS) is 17.3. The highest BCUT2D eigenvalue weighted by molar-refractivity contribution is 7.96. The smallest absolute Gasteiger partial charge is 0.321 e. The van der Waals surface area contributed by atoms with Gasteiger partial charge in [0.05, 0.1) is 17.1 Å². The Balaban J connectivity index is 0.891. The monoisotopic (exact) mass is 862 g/mol. The molecule has 62 heavy (non-hydrogen) atoms. The molecule has 0 aliphatic carbocycles. The van der Waals surface area contributed by atoms with E-state index in [9.17, 15) is 24.0 Å². The van der Waals surface area contributed by atoms with Crippen LogP contribution in [0.15, 0.2) is 71.1 Å². The molecule has 16 heteroatoms. The molecule has 4 heterocycles. The van der Waals surface area contributed by atoms with Crippen molar-refractivity contribution in [3.8, 4) is 17.3 Å². The van der Waals surface area contributed by atoms with Gasteiger partial charge in [-0.05, 0) is 99.4 Å². The second kappa shape index (κ2) is 19.8. The number of anilines is 2. The van der Waals surface area contributed by atoms with E-state index in [0.717, 1.165) is 72.1 Å². The first kappa shape index (κ1) is 44.1. The van der Waals surface area contributed by atoms with Gasteiger partial charge in [0.15, 0.2) is 12.6 Å². The van der Waals surface area contributed by atoms with Crippen molar-refractivity contribution in [3.63, 3.8) is 0 Å². The molecule has 3 amide bonds. The van der Waals surface area contributed by atoms with Gasteiger partial charge < -0.3 is 34.8 Å². The summed E-state index contributed by atoms with van der Waals surface area (Å²) >= 11 is 1.80. The molecule has 5 aromatic rings. The molecule has 2 aliphatic heterocycles. The maximum Gasteiger partial charge on any atom is 0.321 e. The topological polar surface area (TPSA) is 181 Å². The van der Waals surface area contributed by atoms with E-state index in [1.807, 2.05) is 59.1 Å². The number of hydrogen-bond donors (Lipinski definition) is 3. The van der Waals surface area contributed by atoms with Crippen LogP contribution >= 0.6 is 11.9 Å². The van der Waals surface area contributed by atoms with Gasteiger partial charge in [-0.25, -0.2) is 9.10 Å². The Morgan fingerprint density at radius 1 is 0.984 bits per heavy atom. The third kappa shape index (κ3) is 10.2. The standard InChI is InChI=1S/C46H54N8O7S/c1-46(2)27-36(48-35-11-6-9-33(25-35)43-50-44(60-23-22-56)40(28-57)61-43)17-20-54(46)62-29-30-8-5-10-34(24-30)49-45(59)53-18-15-31(16-19-53)32-13-14-37-39(26-32)52(4)51-41(37)38(12-7-21-55)42(58)47-3/h5-6,8-11,13-14,21-22,24-26,28,31,36,38,48H,7,12,15-20,23,27,29H2,1-4H3,(H,47,58)(H,49,59). The second-order valence-electron chi connectivity index (χ2n) is 16.5. The fourth-order valence-corrected chi connectivity index (χ4v) is 9.72. The molecule has 0 spiro atoms. The third-order valence-electron chi connectivity index (χ3n) is 11.8. The van der Waals surface area contributed by atoms with E-state index in [0.29, 0.717) is 43.3 Å². The Hall–Kier alpha value is -6.00. The van der Waals surface area contributed by atoms with Crippen LogP contribution in [0.1, 0.15) is 91.6 Å². The first-order valence-electron chi connectivity index (χ1n) is 21.1. The predicted molar refractivity (Wildman–Crippen MR) is 239 cm³/mol. The Morgan fingerprint density at radius 3 is 2.52 bits per heavy atom. The van der Waals surface area contributed by atoms with Gasteiger partial charge in [0.2, 0.25) is 17.6 Å². The van der Waals surface area contributed by atoms with Crippen LogP contribution in [-0.4, -0.2) is 99.6 Å². The number of amides is 3. The quantitative estimate of drug-likeness (QED) is 0.0626. The molecule has 7 rings (SSSR count). The summed E-state index contributed by atoms with van der Waals surface area (Å²) < 4.78 is 15.1. The Bertz CT molecular complexity index is 2410. The number of nitrogens with zero attached hydrogens (tertiary/aromatic N) is 5. The predicted octanol–water partition coefficient (Wildman–Crippen LogP) is 7.34. The third-order valence-corrected chi connectivity index (χ3v) is 13.2. The van der Waals surface area contributed by atoms with Gasteiger partial charge >= 0.3 is 6.03 Å². The number of ether oxygens (including phenoxy) is 1. The second-order valence-corrected chi connectivity index (χ2v) is 17.5. The lowest BCUT2D eigenvalue weighted by molar-refractivity contribution is -0.122. The highest BCUT2D eigenvalue weighted by Gasteiger charge is 2.35.